The van der Waals surface area contributed by atoms with E-state index in [1.54, 1.807) is 13.3 Å². The van der Waals surface area contributed by atoms with Gasteiger partial charge in [0.1, 0.15) is 5.75 Å². The largest absolute Gasteiger partial charge is 0.494 e. The molecule has 1 atom stereocenters. The average Bonchev–Trinajstić information content (AvgIpc) is 3.46. The lowest BCUT2D eigenvalue weighted by atomic mass is 10.1. The van der Waals surface area contributed by atoms with Crippen molar-refractivity contribution in [1.29, 1.82) is 0 Å². The molecule has 1 saturated heterocycles. The van der Waals surface area contributed by atoms with Crippen molar-refractivity contribution in [3.8, 4) is 17.0 Å². The minimum Gasteiger partial charge on any atom is -0.494 e. The van der Waals surface area contributed by atoms with Crippen LogP contribution in [0.4, 0.5) is 23.0 Å². The lowest BCUT2D eigenvalue weighted by Gasteiger charge is -2.28. The molecule has 4 N–H and O–H groups in total. The predicted molar refractivity (Wildman–Crippen MR) is 139 cm³/mol. The number of rotatable bonds is 6. The molecule has 1 aliphatic rings. The highest BCUT2D eigenvalue weighted by molar-refractivity contribution is 6.33. The molecule has 0 saturated carbocycles. The number of fused-ring (bicyclic) bond motifs is 1. The molecule has 1 unspecified atom stereocenters. The molecule has 2 aromatic heterocycles. The van der Waals surface area contributed by atoms with E-state index in [4.69, 9.17) is 27.1 Å². The van der Waals surface area contributed by atoms with E-state index in [1.165, 1.54) is 0 Å². The first-order valence-electron chi connectivity index (χ1n) is 11.2. The van der Waals surface area contributed by atoms with Crippen LogP contribution in [0.25, 0.3) is 22.2 Å². The van der Waals surface area contributed by atoms with E-state index in [0.29, 0.717) is 39.8 Å². The van der Waals surface area contributed by atoms with Crippen molar-refractivity contribution in [2.75, 3.05) is 50.2 Å². The van der Waals surface area contributed by atoms with Gasteiger partial charge in [0.15, 0.2) is 0 Å². The van der Waals surface area contributed by atoms with Gasteiger partial charge in [-0.25, -0.2) is 9.97 Å². The molecule has 176 valence electrons. The molecule has 1 aliphatic heterocycles. The Bertz CT molecular complexity index is 1340. The summed E-state index contributed by atoms with van der Waals surface area (Å²) in [6.45, 7) is 2.09. The second-order valence-electron chi connectivity index (χ2n) is 8.69. The van der Waals surface area contributed by atoms with Crippen molar-refractivity contribution in [1.82, 2.24) is 19.9 Å². The van der Waals surface area contributed by atoms with Gasteiger partial charge in [-0.05, 0) is 32.1 Å². The number of ether oxygens (including phenoxy) is 1. The lowest BCUT2D eigenvalue weighted by Crippen LogP contribution is -2.34. The fourth-order valence-corrected chi connectivity index (χ4v) is 4.78. The number of nitrogens with zero attached hydrogens (tertiary/aromatic N) is 4. The Morgan fingerprint density at radius 3 is 2.88 bits per heavy atom. The summed E-state index contributed by atoms with van der Waals surface area (Å²) in [6.07, 6.45) is 4.61. The van der Waals surface area contributed by atoms with Crippen LogP contribution in [0.5, 0.6) is 5.75 Å². The van der Waals surface area contributed by atoms with Gasteiger partial charge in [-0.1, -0.05) is 29.8 Å². The molecule has 0 spiro atoms. The third-order valence-electron chi connectivity index (χ3n) is 6.48. The number of halogens is 1. The van der Waals surface area contributed by atoms with Gasteiger partial charge < -0.3 is 30.6 Å². The monoisotopic (exact) mass is 477 g/mol. The van der Waals surface area contributed by atoms with E-state index in [-0.39, 0.29) is 0 Å². The number of likely N-dealkylation sites (tertiary alicyclic amines) is 1. The summed E-state index contributed by atoms with van der Waals surface area (Å²) in [5.74, 6) is 1.07. The molecule has 0 amide bonds. The Balaban J connectivity index is 1.46. The van der Waals surface area contributed by atoms with E-state index in [9.17, 15) is 0 Å². The summed E-state index contributed by atoms with van der Waals surface area (Å²) >= 11 is 6.48. The van der Waals surface area contributed by atoms with Gasteiger partial charge in [0, 0.05) is 48.4 Å². The van der Waals surface area contributed by atoms with Gasteiger partial charge in [-0.2, -0.15) is 0 Å². The van der Waals surface area contributed by atoms with Crippen LogP contribution in [0.15, 0.2) is 48.8 Å². The van der Waals surface area contributed by atoms with Gasteiger partial charge in [-0.3, -0.25) is 0 Å². The Labute approximate surface area is 203 Å². The zero-order chi connectivity index (χ0) is 23.8. The van der Waals surface area contributed by atoms with Crippen LogP contribution in [0, 0.1) is 0 Å². The molecule has 3 heterocycles. The standard InChI is InChI=1S/C25H28ClN7O/c1-32-9-8-15(14-32)33(2)22-11-23(34-3)21(10-19(22)27)30-25-29-13-18(26)24(31-25)17-12-28-20-7-5-4-6-16(17)20/h4-7,10-13,15,28H,8-9,14,27H2,1-3H3,(H,29,30,31). The van der Waals surface area contributed by atoms with Crippen LogP contribution in [0.1, 0.15) is 6.42 Å². The van der Waals surface area contributed by atoms with E-state index < -0.39 is 0 Å². The van der Waals surface area contributed by atoms with Crippen molar-refractivity contribution in [2.45, 2.75) is 12.5 Å². The second-order valence-corrected chi connectivity index (χ2v) is 9.10. The van der Waals surface area contributed by atoms with Crippen LogP contribution in [0.2, 0.25) is 5.02 Å². The predicted octanol–water partition coefficient (Wildman–Crippen LogP) is 4.75. The third-order valence-corrected chi connectivity index (χ3v) is 6.75. The van der Waals surface area contributed by atoms with Crippen molar-refractivity contribution in [3.05, 3.63) is 53.8 Å². The number of hydrogen-bond acceptors (Lipinski definition) is 7. The molecule has 0 radical (unpaired) electrons. The summed E-state index contributed by atoms with van der Waals surface area (Å²) in [6, 6.07) is 12.3. The summed E-state index contributed by atoms with van der Waals surface area (Å²) in [5.41, 5.74) is 11.3. The number of likely N-dealkylation sites (N-methyl/N-ethyl adjacent to an activating group) is 2. The maximum absolute atomic E-state index is 6.48. The van der Waals surface area contributed by atoms with Crippen LogP contribution in [-0.4, -0.2) is 60.2 Å². The normalized spacial score (nSPS) is 16.2. The Morgan fingerprint density at radius 1 is 1.29 bits per heavy atom. The number of aromatic nitrogens is 3. The molecule has 9 heteroatoms. The molecule has 2 aromatic carbocycles. The quantitative estimate of drug-likeness (QED) is 0.345. The van der Waals surface area contributed by atoms with Crippen LogP contribution < -0.4 is 20.7 Å². The lowest BCUT2D eigenvalue weighted by molar-refractivity contribution is 0.409. The van der Waals surface area contributed by atoms with Gasteiger partial charge >= 0.3 is 0 Å². The van der Waals surface area contributed by atoms with E-state index >= 15 is 0 Å². The first-order valence-corrected chi connectivity index (χ1v) is 11.6. The number of hydrogen-bond donors (Lipinski definition) is 3. The van der Waals surface area contributed by atoms with Crippen molar-refractivity contribution < 1.29 is 4.74 Å². The molecule has 0 bridgehead atoms. The topological polar surface area (TPSA) is 95.3 Å². The van der Waals surface area contributed by atoms with Gasteiger partial charge in [-0.15, -0.1) is 0 Å². The fraction of sp³-hybridized carbons (Fsp3) is 0.280. The highest BCUT2D eigenvalue weighted by atomic mass is 35.5. The fourth-order valence-electron chi connectivity index (χ4n) is 4.59. The van der Waals surface area contributed by atoms with Crippen molar-refractivity contribution in [3.63, 3.8) is 0 Å². The number of methoxy groups -OCH3 is 1. The van der Waals surface area contributed by atoms with Crippen LogP contribution in [-0.2, 0) is 0 Å². The number of nitrogens with one attached hydrogen (secondary N) is 2. The number of benzene rings is 2. The van der Waals surface area contributed by atoms with E-state index in [1.807, 2.05) is 42.6 Å². The smallest absolute Gasteiger partial charge is 0.227 e. The van der Waals surface area contributed by atoms with Gasteiger partial charge in [0.25, 0.3) is 0 Å². The molecule has 4 aromatic rings. The summed E-state index contributed by atoms with van der Waals surface area (Å²) in [4.78, 5) is 16.9. The Morgan fingerprint density at radius 2 is 2.12 bits per heavy atom. The van der Waals surface area contributed by atoms with Crippen LogP contribution >= 0.6 is 11.6 Å². The highest BCUT2D eigenvalue weighted by Gasteiger charge is 2.25. The molecular weight excluding hydrogens is 450 g/mol. The second kappa shape index (κ2) is 9.04. The summed E-state index contributed by atoms with van der Waals surface area (Å²) < 4.78 is 5.69. The van der Waals surface area contributed by atoms with Crippen molar-refractivity contribution in [2.24, 2.45) is 0 Å². The first kappa shape index (κ1) is 22.3. The minimum absolute atomic E-state index is 0.404. The maximum Gasteiger partial charge on any atom is 0.227 e. The van der Waals surface area contributed by atoms with E-state index in [2.05, 4.69) is 39.2 Å². The molecule has 5 rings (SSSR count). The zero-order valence-corrected chi connectivity index (χ0v) is 20.2. The number of para-hydroxylation sites is 1. The Kier molecular flexibility index (Phi) is 5.93. The van der Waals surface area contributed by atoms with E-state index in [0.717, 1.165) is 41.7 Å². The van der Waals surface area contributed by atoms with Crippen LogP contribution in [0.3, 0.4) is 0 Å². The number of nitrogens with two attached hydrogens (primary N) is 1. The van der Waals surface area contributed by atoms with Gasteiger partial charge in [0.2, 0.25) is 5.95 Å². The molecule has 34 heavy (non-hydrogen) atoms. The first-order chi connectivity index (χ1) is 16.4. The Hall–Kier alpha value is -3.49. The molecule has 8 nitrogen and oxygen atoms in total. The number of H-pyrrole nitrogens is 1. The SMILES string of the molecule is COc1cc(N(C)C2CCN(C)C2)c(N)cc1Nc1ncc(Cl)c(-c2c[nH]c3ccccc23)n1. The number of nitrogen functional groups attached to an aromatic ring is 1. The zero-order valence-electron chi connectivity index (χ0n) is 19.5. The summed E-state index contributed by atoms with van der Waals surface area (Å²) in [7, 11) is 5.86. The minimum atomic E-state index is 0.404. The molecule has 0 aliphatic carbocycles. The molecular formula is C25H28ClN7O. The summed E-state index contributed by atoms with van der Waals surface area (Å²) in [5, 5.41) is 4.78. The highest BCUT2D eigenvalue weighted by Crippen LogP contribution is 2.38. The maximum atomic E-state index is 6.48. The van der Waals surface area contributed by atoms with Gasteiger partial charge in [0.05, 0.1) is 41.1 Å². The molecule has 1 fully saturated rings. The number of aromatic amines is 1. The third kappa shape index (κ3) is 4.10. The van der Waals surface area contributed by atoms with Crippen molar-refractivity contribution >= 4 is 45.5 Å². The average molecular weight is 478 g/mol. The number of anilines is 4.